The molecule has 4 rings (SSSR count). The Kier molecular flexibility index (Phi) is 6.32. The van der Waals surface area contributed by atoms with Crippen molar-refractivity contribution in [1.29, 1.82) is 0 Å². The van der Waals surface area contributed by atoms with Gasteiger partial charge in [0.25, 0.3) is 5.91 Å². The van der Waals surface area contributed by atoms with E-state index in [1.54, 1.807) is 30.5 Å². The zero-order valence-corrected chi connectivity index (χ0v) is 18.6. The fourth-order valence-electron chi connectivity index (χ4n) is 3.42. The molecule has 0 aliphatic heterocycles. The minimum Gasteiger partial charge on any atom is -0.358 e. The van der Waals surface area contributed by atoms with Crippen LogP contribution in [0.25, 0.3) is 22.0 Å². The smallest absolute Gasteiger partial charge is 0.276 e. The predicted octanol–water partition coefficient (Wildman–Crippen LogP) is 4.15. The van der Waals surface area contributed by atoms with Gasteiger partial charge < -0.3 is 15.1 Å². The Morgan fingerprint density at radius 2 is 1.88 bits per heavy atom. The van der Waals surface area contributed by atoms with E-state index in [1.807, 2.05) is 32.1 Å². The first-order valence-electron chi connectivity index (χ1n) is 10.4. The minimum absolute atomic E-state index is 0.114. The maximum atomic E-state index is 14.2. The van der Waals surface area contributed by atoms with Crippen molar-refractivity contribution in [3.05, 3.63) is 72.1 Å². The standard InChI is InChI=1S/C24H24F2N6O/c1-31(2)11-12-32(3)21-10-8-16(14-27-21)28-24(33)23-18-13-15(7-9-20(18)29-30-23)17-5-4-6-19(25)22(17)26/h4-10,13-14H,11-12H2,1-3H3,(H,28,33)(H,29,30). The lowest BCUT2D eigenvalue weighted by molar-refractivity contribution is 0.102. The molecule has 9 heteroatoms. The highest BCUT2D eigenvalue weighted by Gasteiger charge is 2.17. The van der Waals surface area contributed by atoms with Gasteiger partial charge in [0, 0.05) is 31.1 Å². The summed E-state index contributed by atoms with van der Waals surface area (Å²) >= 11 is 0. The molecule has 0 aliphatic carbocycles. The number of aromatic amines is 1. The van der Waals surface area contributed by atoms with Crippen molar-refractivity contribution in [3.63, 3.8) is 0 Å². The Labute approximate surface area is 190 Å². The van der Waals surface area contributed by atoms with E-state index >= 15 is 0 Å². The second-order valence-electron chi connectivity index (χ2n) is 8.02. The number of fused-ring (bicyclic) bond motifs is 1. The van der Waals surface area contributed by atoms with E-state index < -0.39 is 17.5 Å². The first-order chi connectivity index (χ1) is 15.8. The number of nitrogens with one attached hydrogen (secondary N) is 2. The molecule has 2 aromatic heterocycles. The van der Waals surface area contributed by atoms with Crippen molar-refractivity contribution < 1.29 is 13.6 Å². The van der Waals surface area contributed by atoms with Crippen LogP contribution in [-0.4, -0.2) is 60.2 Å². The Bertz CT molecular complexity index is 1290. The van der Waals surface area contributed by atoms with Crippen LogP contribution in [0.2, 0.25) is 0 Å². The number of likely N-dealkylation sites (N-methyl/N-ethyl adjacent to an activating group) is 2. The summed E-state index contributed by atoms with van der Waals surface area (Å²) in [5.41, 5.74) is 1.84. The number of nitrogens with zero attached hydrogens (tertiary/aromatic N) is 4. The van der Waals surface area contributed by atoms with Crippen LogP contribution in [0.3, 0.4) is 0 Å². The first kappa shape index (κ1) is 22.3. The molecule has 7 nitrogen and oxygen atoms in total. The summed E-state index contributed by atoms with van der Waals surface area (Å²) in [6.45, 7) is 1.71. The van der Waals surface area contributed by atoms with Gasteiger partial charge in [-0.25, -0.2) is 13.8 Å². The molecule has 0 saturated carbocycles. The number of anilines is 2. The van der Waals surface area contributed by atoms with Crippen molar-refractivity contribution >= 4 is 28.3 Å². The normalized spacial score (nSPS) is 11.2. The summed E-state index contributed by atoms with van der Waals surface area (Å²) in [6, 6.07) is 12.5. The highest BCUT2D eigenvalue weighted by molar-refractivity contribution is 6.11. The van der Waals surface area contributed by atoms with Crippen molar-refractivity contribution in [3.8, 4) is 11.1 Å². The molecule has 33 heavy (non-hydrogen) atoms. The van der Waals surface area contributed by atoms with Crippen LogP contribution in [0.15, 0.2) is 54.7 Å². The number of carbonyl (C=O) groups is 1. The second-order valence-corrected chi connectivity index (χ2v) is 8.02. The average molecular weight is 450 g/mol. The van der Waals surface area contributed by atoms with Crippen molar-refractivity contribution in [2.75, 3.05) is 44.4 Å². The summed E-state index contributed by atoms with van der Waals surface area (Å²) < 4.78 is 27.9. The van der Waals surface area contributed by atoms with Gasteiger partial charge in [-0.2, -0.15) is 5.10 Å². The van der Waals surface area contributed by atoms with Crippen molar-refractivity contribution in [2.24, 2.45) is 0 Å². The summed E-state index contributed by atoms with van der Waals surface area (Å²) in [7, 11) is 5.98. The molecular formula is C24H24F2N6O. The molecule has 2 aromatic carbocycles. The molecule has 0 unspecified atom stereocenters. The Morgan fingerprint density at radius 3 is 2.61 bits per heavy atom. The third kappa shape index (κ3) is 4.83. The van der Waals surface area contributed by atoms with Gasteiger partial charge in [0.15, 0.2) is 17.3 Å². The second kappa shape index (κ2) is 9.33. The van der Waals surface area contributed by atoms with Gasteiger partial charge in [0.1, 0.15) is 5.82 Å². The zero-order chi connectivity index (χ0) is 23.5. The van der Waals surface area contributed by atoms with Crippen LogP contribution < -0.4 is 10.2 Å². The summed E-state index contributed by atoms with van der Waals surface area (Å²) in [6.07, 6.45) is 1.59. The van der Waals surface area contributed by atoms with E-state index in [1.165, 1.54) is 12.1 Å². The van der Waals surface area contributed by atoms with E-state index in [-0.39, 0.29) is 11.3 Å². The molecule has 170 valence electrons. The molecule has 0 atom stereocenters. The molecule has 0 spiro atoms. The fraction of sp³-hybridized carbons (Fsp3) is 0.208. The highest BCUT2D eigenvalue weighted by atomic mass is 19.2. The Morgan fingerprint density at radius 1 is 1.06 bits per heavy atom. The molecule has 0 fully saturated rings. The third-order valence-corrected chi connectivity index (χ3v) is 5.32. The third-order valence-electron chi connectivity index (χ3n) is 5.32. The van der Waals surface area contributed by atoms with Crippen LogP contribution in [0.1, 0.15) is 10.5 Å². The van der Waals surface area contributed by atoms with Gasteiger partial charge in [0.05, 0.1) is 17.4 Å². The minimum atomic E-state index is -0.937. The maximum absolute atomic E-state index is 14.2. The lowest BCUT2D eigenvalue weighted by Crippen LogP contribution is -2.28. The molecule has 0 radical (unpaired) electrons. The van der Waals surface area contributed by atoms with E-state index in [9.17, 15) is 13.6 Å². The zero-order valence-electron chi connectivity index (χ0n) is 18.6. The summed E-state index contributed by atoms with van der Waals surface area (Å²) in [5, 5.41) is 10.2. The van der Waals surface area contributed by atoms with Gasteiger partial charge in [0.2, 0.25) is 0 Å². The largest absolute Gasteiger partial charge is 0.358 e. The number of hydrogen-bond donors (Lipinski definition) is 2. The Hall–Kier alpha value is -3.85. The van der Waals surface area contributed by atoms with Crippen molar-refractivity contribution in [1.82, 2.24) is 20.1 Å². The number of halogens is 2. The first-order valence-corrected chi connectivity index (χ1v) is 10.4. The van der Waals surface area contributed by atoms with Gasteiger partial charge in [-0.15, -0.1) is 0 Å². The molecule has 0 bridgehead atoms. The molecule has 0 saturated heterocycles. The quantitative estimate of drug-likeness (QED) is 0.442. The summed E-state index contributed by atoms with van der Waals surface area (Å²) in [5.74, 6) is -1.51. The SMILES string of the molecule is CN(C)CCN(C)c1ccc(NC(=O)c2n[nH]c3ccc(-c4cccc(F)c4F)cc23)cn1. The Balaban J connectivity index is 1.54. The van der Waals surface area contributed by atoms with E-state index in [2.05, 4.69) is 25.4 Å². The monoisotopic (exact) mass is 450 g/mol. The number of hydrogen-bond acceptors (Lipinski definition) is 5. The van der Waals surface area contributed by atoms with Crippen LogP contribution in [0.5, 0.6) is 0 Å². The number of amides is 1. The van der Waals surface area contributed by atoms with Gasteiger partial charge in [-0.3, -0.25) is 9.89 Å². The van der Waals surface area contributed by atoms with Crippen LogP contribution in [0, 0.1) is 11.6 Å². The summed E-state index contributed by atoms with van der Waals surface area (Å²) in [4.78, 5) is 21.4. The number of H-pyrrole nitrogens is 1. The van der Waals surface area contributed by atoms with Crippen LogP contribution in [0.4, 0.5) is 20.3 Å². The highest BCUT2D eigenvalue weighted by Crippen LogP contribution is 2.28. The number of aromatic nitrogens is 3. The lowest BCUT2D eigenvalue weighted by atomic mass is 10.0. The van der Waals surface area contributed by atoms with Crippen molar-refractivity contribution in [2.45, 2.75) is 0 Å². The predicted molar refractivity (Wildman–Crippen MR) is 125 cm³/mol. The maximum Gasteiger partial charge on any atom is 0.276 e. The number of benzene rings is 2. The van der Waals surface area contributed by atoms with Gasteiger partial charge in [-0.1, -0.05) is 18.2 Å². The molecule has 4 aromatic rings. The van der Waals surface area contributed by atoms with Crippen LogP contribution >= 0.6 is 0 Å². The number of pyridine rings is 1. The molecular weight excluding hydrogens is 426 g/mol. The number of carbonyl (C=O) groups excluding carboxylic acids is 1. The van der Waals surface area contributed by atoms with Gasteiger partial charge >= 0.3 is 0 Å². The number of rotatable bonds is 7. The van der Waals surface area contributed by atoms with Crippen LogP contribution in [-0.2, 0) is 0 Å². The van der Waals surface area contributed by atoms with E-state index in [4.69, 9.17) is 0 Å². The van der Waals surface area contributed by atoms with E-state index in [0.29, 0.717) is 22.2 Å². The average Bonchev–Trinajstić information content (AvgIpc) is 3.23. The molecule has 2 heterocycles. The van der Waals surface area contributed by atoms with Gasteiger partial charge in [-0.05, 0) is 50.0 Å². The van der Waals surface area contributed by atoms with E-state index in [0.717, 1.165) is 25.0 Å². The molecule has 0 aliphatic rings. The fourth-order valence-corrected chi connectivity index (χ4v) is 3.42. The molecule has 2 N–H and O–H groups in total. The lowest BCUT2D eigenvalue weighted by Gasteiger charge is -2.20. The molecule has 1 amide bonds. The topological polar surface area (TPSA) is 77.1 Å².